The highest BCUT2D eigenvalue weighted by Gasteiger charge is 2.31. The predicted molar refractivity (Wildman–Crippen MR) is 124 cm³/mol. The van der Waals surface area contributed by atoms with Gasteiger partial charge in [0, 0.05) is 24.9 Å². The Hall–Kier alpha value is -3.35. The molecule has 0 aromatic heterocycles. The van der Waals surface area contributed by atoms with Gasteiger partial charge in [-0.2, -0.15) is 0 Å². The van der Waals surface area contributed by atoms with Crippen molar-refractivity contribution in [1.82, 2.24) is 10.6 Å². The number of hydrogen-bond donors (Lipinski definition) is 3. The lowest BCUT2D eigenvalue weighted by atomic mass is 9.95. The first-order chi connectivity index (χ1) is 16.0. The van der Waals surface area contributed by atoms with E-state index >= 15 is 0 Å². The maximum absolute atomic E-state index is 12.3. The summed E-state index contributed by atoms with van der Waals surface area (Å²) in [5, 5.41) is 14.9. The summed E-state index contributed by atoms with van der Waals surface area (Å²) in [4.78, 5) is 36.1. The molecule has 174 valence electrons. The molecule has 0 heterocycles. The second-order valence-electron chi connectivity index (χ2n) is 8.76. The average Bonchev–Trinajstić information content (AvgIpc) is 2.94. The highest BCUT2D eigenvalue weighted by molar-refractivity contribution is 5.80. The minimum Gasteiger partial charge on any atom is -0.481 e. The normalized spacial score (nSPS) is 19.6. The molecule has 2 atom stereocenters. The molecule has 1 fully saturated rings. The molecule has 7 nitrogen and oxygen atoms in total. The number of carboxylic acids is 1. The Bertz CT molecular complexity index is 976. The Balaban J connectivity index is 1.24. The molecule has 2 aliphatic rings. The fourth-order valence-electron chi connectivity index (χ4n) is 4.98. The number of alkyl carbamates (subject to hydrolysis) is 1. The Morgan fingerprint density at radius 3 is 2.21 bits per heavy atom. The monoisotopic (exact) mass is 450 g/mol. The number of carboxylic acid groups (broad SMARTS) is 1. The van der Waals surface area contributed by atoms with Gasteiger partial charge in [0.15, 0.2) is 0 Å². The zero-order valence-corrected chi connectivity index (χ0v) is 18.6. The van der Waals surface area contributed by atoms with E-state index in [9.17, 15) is 19.5 Å². The Morgan fingerprint density at radius 2 is 1.55 bits per heavy atom. The van der Waals surface area contributed by atoms with Gasteiger partial charge >= 0.3 is 12.1 Å². The lowest BCUT2D eigenvalue weighted by Crippen LogP contribution is -2.43. The van der Waals surface area contributed by atoms with Crippen LogP contribution in [0.3, 0.4) is 0 Å². The quantitative estimate of drug-likeness (QED) is 0.552. The lowest BCUT2D eigenvalue weighted by molar-refractivity contribution is -0.143. The topological polar surface area (TPSA) is 105 Å². The van der Waals surface area contributed by atoms with E-state index in [2.05, 4.69) is 34.9 Å². The van der Waals surface area contributed by atoms with E-state index in [1.165, 1.54) is 0 Å². The van der Waals surface area contributed by atoms with E-state index in [4.69, 9.17) is 4.74 Å². The van der Waals surface area contributed by atoms with Gasteiger partial charge < -0.3 is 20.5 Å². The molecule has 2 unspecified atom stereocenters. The molecule has 3 N–H and O–H groups in total. The van der Waals surface area contributed by atoms with Crippen LogP contribution in [0.1, 0.15) is 55.6 Å². The van der Waals surface area contributed by atoms with Gasteiger partial charge in [-0.05, 0) is 35.1 Å². The van der Waals surface area contributed by atoms with Crippen LogP contribution >= 0.6 is 0 Å². The SMILES string of the molecule is O=C(CCNC(=O)OCC1c2ccccc2-c2ccccc21)NC1CCCCCC1C(=O)O. The number of carbonyl (C=O) groups is 3. The van der Waals surface area contributed by atoms with Crippen LogP contribution in [0.4, 0.5) is 4.79 Å². The van der Waals surface area contributed by atoms with Crippen molar-refractivity contribution in [3.8, 4) is 11.1 Å². The van der Waals surface area contributed by atoms with Crippen molar-refractivity contribution >= 4 is 18.0 Å². The molecule has 0 bridgehead atoms. The standard InChI is InChI=1S/C26H30N2O5/c29-24(28-23-13-3-1-2-12-21(23)25(30)31)14-15-27-26(32)33-16-22-19-10-6-4-8-17(19)18-9-5-7-11-20(18)22/h4-11,21-23H,1-3,12-16H2,(H,27,32)(H,28,29)(H,30,31). The number of ether oxygens (including phenoxy) is 1. The van der Waals surface area contributed by atoms with Crippen LogP contribution in [0.5, 0.6) is 0 Å². The van der Waals surface area contributed by atoms with Gasteiger partial charge in [0.05, 0.1) is 5.92 Å². The molecule has 7 heteroatoms. The Kier molecular flexibility index (Phi) is 7.27. The van der Waals surface area contributed by atoms with Crippen LogP contribution in [0.15, 0.2) is 48.5 Å². The van der Waals surface area contributed by atoms with E-state index in [1.807, 2.05) is 24.3 Å². The summed E-state index contributed by atoms with van der Waals surface area (Å²) in [5.74, 6) is -1.69. The maximum atomic E-state index is 12.3. The molecule has 4 rings (SSSR count). The number of nitrogens with one attached hydrogen (secondary N) is 2. The summed E-state index contributed by atoms with van der Waals surface area (Å²) >= 11 is 0. The number of rotatable bonds is 7. The third-order valence-electron chi connectivity index (χ3n) is 6.64. The van der Waals surface area contributed by atoms with E-state index in [1.54, 1.807) is 0 Å². The van der Waals surface area contributed by atoms with Gasteiger partial charge in [-0.1, -0.05) is 67.8 Å². The summed E-state index contributed by atoms with van der Waals surface area (Å²) in [7, 11) is 0. The predicted octanol–water partition coefficient (Wildman–Crippen LogP) is 4.06. The fourth-order valence-corrected chi connectivity index (χ4v) is 4.98. The van der Waals surface area contributed by atoms with Gasteiger partial charge in [-0.3, -0.25) is 9.59 Å². The molecule has 2 aliphatic carbocycles. The highest BCUT2D eigenvalue weighted by atomic mass is 16.5. The van der Waals surface area contributed by atoms with E-state index in [0.717, 1.165) is 41.5 Å². The van der Waals surface area contributed by atoms with E-state index in [0.29, 0.717) is 12.8 Å². The largest absolute Gasteiger partial charge is 0.481 e. The first-order valence-corrected chi connectivity index (χ1v) is 11.7. The summed E-state index contributed by atoms with van der Waals surface area (Å²) in [6.07, 6.45) is 3.52. The summed E-state index contributed by atoms with van der Waals surface area (Å²) < 4.78 is 5.48. The zero-order chi connectivity index (χ0) is 23.2. The van der Waals surface area contributed by atoms with Crippen molar-refractivity contribution in [1.29, 1.82) is 0 Å². The minimum atomic E-state index is -0.862. The third kappa shape index (κ3) is 5.35. The summed E-state index contributed by atoms with van der Waals surface area (Å²) in [6.45, 7) is 0.349. The molecule has 0 spiro atoms. The fraction of sp³-hybridized carbons (Fsp3) is 0.423. The van der Waals surface area contributed by atoms with Gasteiger partial charge in [-0.25, -0.2) is 4.79 Å². The van der Waals surface area contributed by atoms with E-state index in [-0.39, 0.29) is 37.4 Å². The molecule has 2 aromatic carbocycles. The molecule has 2 aromatic rings. The van der Waals surface area contributed by atoms with Crippen LogP contribution in [-0.2, 0) is 14.3 Å². The molecule has 1 saturated carbocycles. The first-order valence-electron chi connectivity index (χ1n) is 11.7. The van der Waals surface area contributed by atoms with Crippen molar-refractivity contribution in [2.45, 2.75) is 50.5 Å². The number of fused-ring (bicyclic) bond motifs is 3. The smallest absolute Gasteiger partial charge is 0.407 e. The second kappa shape index (κ2) is 10.5. The maximum Gasteiger partial charge on any atom is 0.407 e. The van der Waals surface area contributed by atoms with Crippen molar-refractivity contribution < 1.29 is 24.2 Å². The molecule has 0 aliphatic heterocycles. The molecular formula is C26H30N2O5. The van der Waals surface area contributed by atoms with Crippen molar-refractivity contribution in [3.63, 3.8) is 0 Å². The Labute approximate surface area is 193 Å². The summed E-state index contributed by atoms with van der Waals surface area (Å²) in [6, 6.07) is 15.9. The molecule has 33 heavy (non-hydrogen) atoms. The van der Waals surface area contributed by atoms with Crippen LogP contribution in [-0.4, -0.2) is 42.3 Å². The number of benzene rings is 2. The van der Waals surface area contributed by atoms with Gasteiger partial charge in [0.2, 0.25) is 5.91 Å². The highest BCUT2D eigenvalue weighted by Crippen LogP contribution is 2.44. The number of amides is 2. The van der Waals surface area contributed by atoms with Crippen molar-refractivity contribution in [2.75, 3.05) is 13.2 Å². The third-order valence-corrected chi connectivity index (χ3v) is 6.64. The van der Waals surface area contributed by atoms with Gasteiger partial charge in [0.1, 0.15) is 6.61 Å². The van der Waals surface area contributed by atoms with Crippen LogP contribution < -0.4 is 10.6 Å². The average molecular weight is 451 g/mol. The van der Waals surface area contributed by atoms with Gasteiger partial charge in [-0.15, -0.1) is 0 Å². The minimum absolute atomic E-state index is 0.0189. The number of carbonyl (C=O) groups excluding carboxylic acids is 2. The van der Waals surface area contributed by atoms with Crippen molar-refractivity contribution in [3.05, 3.63) is 59.7 Å². The molecule has 0 saturated heterocycles. The second-order valence-corrected chi connectivity index (χ2v) is 8.76. The number of hydrogen-bond acceptors (Lipinski definition) is 4. The first kappa shape index (κ1) is 22.8. The van der Waals surface area contributed by atoms with E-state index < -0.39 is 18.0 Å². The van der Waals surface area contributed by atoms with Crippen LogP contribution in [0.25, 0.3) is 11.1 Å². The Morgan fingerprint density at radius 1 is 0.909 bits per heavy atom. The molecule has 0 radical (unpaired) electrons. The zero-order valence-electron chi connectivity index (χ0n) is 18.6. The molecular weight excluding hydrogens is 420 g/mol. The van der Waals surface area contributed by atoms with Crippen molar-refractivity contribution in [2.24, 2.45) is 5.92 Å². The van der Waals surface area contributed by atoms with Crippen LogP contribution in [0.2, 0.25) is 0 Å². The number of aliphatic carboxylic acids is 1. The summed E-state index contributed by atoms with van der Waals surface area (Å²) in [5.41, 5.74) is 4.61. The van der Waals surface area contributed by atoms with Gasteiger partial charge in [0.25, 0.3) is 0 Å². The lowest BCUT2D eigenvalue weighted by Gasteiger charge is -2.22. The van der Waals surface area contributed by atoms with Crippen LogP contribution in [0, 0.1) is 5.92 Å². The molecule has 2 amide bonds.